The molecule has 11 heavy (non-hydrogen) atoms. The maximum absolute atomic E-state index is 4.89. The normalized spacial score (nSPS) is 10.4. The van der Waals surface area contributed by atoms with Gasteiger partial charge in [0.2, 0.25) is 9.72 Å². The van der Waals surface area contributed by atoms with Crippen molar-refractivity contribution >= 4 is 22.6 Å². The second-order valence-corrected chi connectivity index (χ2v) is 3.02. The van der Waals surface area contributed by atoms with Crippen LogP contribution in [0, 0.1) is 3.83 Å². The highest BCUT2D eigenvalue weighted by molar-refractivity contribution is 14.1. The van der Waals surface area contributed by atoms with Crippen molar-refractivity contribution in [3.8, 4) is 0 Å². The first-order valence-electron chi connectivity index (χ1n) is 3.30. The minimum atomic E-state index is 0.662. The number of halogens is 1. The van der Waals surface area contributed by atoms with Gasteiger partial charge in [0.15, 0.2) is 0 Å². The molecule has 1 aromatic heterocycles. The number of hydrogen-bond donors (Lipinski definition) is 0. The molecule has 0 amide bonds. The third kappa shape index (κ3) is 3.15. The molecule has 0 N–H and O–H groups in total. The van der Waals surface area contributed by atoms with Crippen LogP contribution in [-0.2, 0) is 11.2 Å². The van der Waals surface area contributed by atoms with Gasteiger partial charge in [0.1, 0.15) is 0 Å². The van der Waals surface area contributed by atoms with E-state index in [1.807, 2.05) is 22.6 Å². The van der Waals surface area contributed by atoms with Gasteiger partial charge < -0.3 is 9.26 Å². The lowest BCUT2D eigenvalue weighted by Crippen LogP contribution is -1.92. The maximum Gasteiger partial charge on any atom is 0.232 e. The van der Waals surface area contributed by atoms with Gasteiger partial charge in [-0.15, -0.1) is 0 Å². The van der Waals surface area contributed by atoms with Gasteiger partial charge in [-0.3, -0.25) is 0 Å². The summed E-state index contributed by atoms with van der Waals surface area (Å²) in [5.41, 5.74) is 0. The molecule has 62 valence electrons. The topological polar surface area (TPSA) is 48.2 Å². The molecule has 5 heteroatoms. The van der Waals surface area contributed by atoms with Gasteiger partial charge in [-0.25, -0.2) is 0 Å². The van der Waals surface area contributed by atoms with Gasteiger partial charge in [-0.2, -0.15) is 4.98 Å². The van der Waals surface area contributed by atoms with Crippen molar-refractivity contribution < 1.29 is 9.26 Å². The molecular weight excluding hydrogens is 259 g/mol. The summed E-state index contributed by atoms with van der Waals surface area (Å²) in [4.78, 5) is 4.04. The van der Waals surface area contributed by atoms with Gasteiger partial charge in [-0.05, 0) is 6.42 Å². The Balaban J connectivity index is 2.27. The van der Waals surface area contributed by atoms with Gasteiger partial charge in [0.25, 0.3) is 0 Å². The lowest BCUT2D eigenvalue weighted by atomic mass is 10.3. The third-order valence-corrected chi connectivity index (χ3v) is 1.62. The molecule has 1 rings (SSSR count). The molecule has 0 aromatic carbocycles. The number of nitrogens with zero attached hydrogens (tertiary/aromatic N) is 2. The van der Waals surface area contributed by atoms with Crippen LogP contribution in [-0.4, -0.2) is 23.9 Å². The highest BCUT2D eigenvalue weighted by Gasteiger charge is 2.01. The zero-order valence-corrected chi connectivity index (χ0v) is 8.37. The van der Waals surface area contributed by atoms with E-state index in [0.29, 0.717) is 9.72 Å². The summed E-state index contributed by atoms with van der Waals surface area (Å²) in [6.07, 6.45) is 1.72. The largest absolute Gasteiger partial charge is 0.385 e. The molecule has 0 fully saturated rings. The monoisotopic (exact) mass is 268 g/mol. The van der Waals surface area contributed by atoms with Crippen LogP contribution in [0.15, 0.2) is 4.52 Å². The van der Waals surface area contributed by atoms with E-state index in [1.54, 1.807) is 7.11 Å². The van der Waals surface area contributed by atoms with Crippen LogP contribution in [0.2, 0.25) is 0 Å². The summed E-state index contributed by atoms with van der Waals surface area (Å²) >= 11 is 2.01. The summed E-state index contributed by atoms with van der Waals surface area (Å²) in [7, 11) is 1.68. The van der Waals surface area contributed by atoms with Crippen molar-refractivity contribution in [2.24, 2.45) is 0 Å². The molecule has 0 aliphatic carbocycles. The SMILES string of the molecule is COCCCc1nc(I)no1. The maximum atomic E-state index is 4.89. The van der Waals surface area contributed by atoms with E-state index >= 15 is 0 Å². The fraction of sp³-hybridized carbons (Fsp3) is 0.667. The number of rotatable bonds is 4. The molecule has 0 saturated heterocycles. The average Bonchev–Trinajstić information content (AvgIpc) is 2.37. The standard InChI is InChI=1S/C6H9IN2O2/c1-10-4-2-3-5-8-6(7)9-11-5/h2-4H2,1H3. The zero-order valence-electron chi connectivity index (χ0n) is 6.21. The lowest BCUT2D eigenvalue weighted by molar-refractivity contribution is 0.192. The van der Waals surface area contributed by atoms with E-state index in [-0.39, 0.29) is 0 Å². The van der Waals surface area contributed by atoms with Crippen LogP contribution in [0.1, 0.15) is 12.3 Å². The molecule has 0 atom stereocenters. The third-order valence-electron chi connectivity index (χ3n) is 1.18. The number of aryl methyl sites for hydroxylation is 1. The van der Waals surface area contributed by atoms with Gasteiger partial charge in [-0.1, -0.05) is 5.16 Å². The highest BCUT2D eigenvalue weighted by Crippen LogP contribution is 2.02. The molecule has 0 radical (unpaired) electrons. The average molecular weight is 268 g/mol. The Bertz CT molecular complexity index is 214. The van der Waals surface area contributed by atoms with E-state index < -0.39 is 0 Å². The van der Waals surface area contributed by atoms with Crippen LogP contribution in [0.25, 0.3) is 0 Å². The minimum Gasteiger partial charge on any atom is -0.385 e. The second kappa shape index (κ2) is 4.66. The van der Waals surface area contributed by atoms with Gasteiger partial charge >= 0.3 is 0 Å². The number of methoxy groups -OCH3 is 1. The van der Waals surface area contributed by atoms with Crippen LogP contribution < -0.4 is 0 Å². The van der Waals surface area contributed by atoms with Crippen LogP contribution in [0.5, 0.6) is 0 Å². The van der Waals surface area contributed by atoms with Crippen molar-refractivity contribution in [2.75, 3.05) is 13.7 Å². The predicted molar refractivity (Wildman–Crippen MR) is 47.2 cm³/mol. The van der Waals surface area contributed by atoms with Crippen molar-refractivity contribution in [1.82, 2.24) is 10.1 Å². The van der Waals surface area contributed by atoms with Crippen LogP contribution in [0.3, 0.4) is 0 Å². The first-order valence-corrected chi connectivity index (χ1v) is 4.38. The summed E-state index contributed by atoms with van der Waals surface area (Å²) in [5.74, 6) is 0.687. The molecule has 0 aliphatic rings. The molecule has 0 bridgehead atoms. The highest BCUT2D eigenvalue weighted by atomic mass is 127. The molecule has 4 nitrogen and oxygen atoms in total. The molecule has 0 saturated carbocycles. The molecule has 0 spiro atoms. The Hall–Kier alpha value is -0.170. The molecule has 0 aliphatic heterocycles. The Labute approximate surface area is 78.5 Å². The van der Waals surface area contributed by atoms with Crippen LogP contribution >= 0.6 is 22.6 Å². The molecular formula is C6H9IN2O2. The minimum absolute atomic E-state index is 0.662. The molecule has 0 unspecified atom stereocenters. The van der Waals surface area contributed by atoms with Crippen LogP contribution in [0.4, 0.5) is 0 Å². The second-order valence-electron chi connectivity index (χ2n) is 2.05. The Morgan fingerprint density at radius 1 is 1.64 bits per heavy atom. The van der Waals surface area contributed by atoms with E-state index in [2.05, 4.69) is 10.1 Å². The van der Waals surface area contributed by atoms with Crippen molar-refractivity contribution in [1.29, 1.82) is 0 Å². The predicted octanol–water partition coefficient (Wildman–Crippen LogP) is 1.25. The smallest absolute Gasteiger partial charge is 0.232 e. The summed E-state index contributed by atoms with van der Waals surface area (Å²) in [6, 6.07) is 0. The fourth-order valence-corrected chi connectivity index (χ4v) is 1.07. The van der Waals surface area contributed by atoms with Crippen molar-refractivity contribution in [2.45, 2.75) is 12.8 Å². The summed E-state index contributed by atoms with van der Waals surface area (Å²) in [5, 5.41) is 3.66. The zero-order chi connectivity index (χ0) is 8.10. The summed E-state index contributed by atoms with van der Waals surface area (Å²) in [6.45, 7) is 0.735. The number of ether oxygens (including phenoxy) is 1. The first kappa shape index (κ1) is 8.92. The Kier molecular flexibility index (Phi) is 3.78. The Morgan fingerprint density at radius 2 is 2.45 bits per heavy atom. The quantitative estimate of drug-likeness (QED) is 0.609. The van der Waals surface area contributed by atoms with E-state index in [0.717, 1.165) is 19.4 Å². The summed E-state index contributed by atoms with van der Waals surface area (Å²) < 4.78 is 10.4. The molecule has 1 aromatic rings. The van der Waals surface area contributed by atoms with E-state index in [1.165, 1.54) is 0 Å². The fourth-order valence-electron chi connectivity index (χ4n) is 0.703. The van der Waals surface area contributed by atoms with Gasteiger partial charge in [0.05, 0.1) is 0 Å². The van der Waals surface area contributed by atoms with Crippen molar-refractivity contribution in [3.05, 3.63) is 9.72 Å². The Morgan fingerprint density at radius 3 is 3.00 bits per heavy atom. The van der Waals surface area contributed by atoms with E-state index in [9.17, 15) is 0 Å². The van der Waals surface area contributed by atoms with Gasteiger partial charge in [0, 0.05) is 42.7 Å². The number of hydrogen-bond acceptors (Lipinski definition) is 4. The number of aromatic nitrogens is 2. The van der Waals surface area contributed by atoms with E-state index in [4.69, 9.17) is 9.26 Å². The van der Waals surface area contributed by atoms with Crippen molar-refractivity contribution in [3.63, 3.8) is 0 Å². The molecule has 1 heterocycles. The lowest BCUT2D eigenvalue weighted by Gasteiger charge is -1.92. The first-order chi connectivity index (χ1) is 5.33.